The molecule has 0 radical (unpaired) electrons. The minimum atomic E-state index is -1.10. The maximum atomic E-state index is 12.2. The number of carbonyl (C=O) groups is 2. The highest BCUT2D eigenvalue weighted by molar-refractivity contribution is 5.99. The molecule has 0 unspecified atom stereocenters. The Bertz CT molecular complexity index is 519. The van der Waals surface area contributed by atoms with Crippen LogP contribution in [0, 0.1) is 5.41 Å². The molecule has 5 nitrogen and oxygen atoms in total. The van der Waals surface area contributed by atoms with Gasteiger partial charge in [-0.15, -0.1) is 0 Å². The van der Waals surface area contributed by atoms with Crippen molar-refractivity contribution in [2.45, 2.75) is 34.1 Å². The molecule has 0 aliphatic heterocycles. The number of hydrogen-bond donors (Lipinski definition) is 1. The molecule has 5 heteroatoms. The van der Waals surface area contributed by atoms with Gasteiger partial charge in [-0.1, -0.05) is 0 Å². The van der Waals surface area contributed by atoms with Crippen LogP contribution in [0.15, 0.2) is 18.2 Å². The van der Waals surface area contributed by atoms with E-state index in [1.807, 2.05) is 13.8 Å². The van der Waals surface area contributed by atoms with Gasteiger partial charge in [0.2, 0.25) is 0 Å². The van der Waals surface area contributed by atoms with Crippen LogP contribution in [-0.4, -0.2) is 30.1 Å². The van der Waals surface area contributed by atoms with Crippen molar-refractivity contribution in [2.24, 2.45) is 5.41 Å². The molecule has 0 heterocycles. The number of hydrogen-bond acceptors (Lipinski definition) is 4. The Hall–Kier alpha value is -2.04. The van der Waals surface area contributed by atoms with Crippen LogP contribution < -0.4 is 9.47 Å². The van der Waals surface area contributed by atoms with Crippen LogP contribution in [0.3, 0.4) is 0 Å². The molecule has 0 saturated carbocycles. The first-order valence-electron chi connectivity index (χ1n) is 6.98. The first kappa shape index (κ1) is 17.0. The lowest BCUT2D eigenvalue weighted by molar-refractivity contribution is -0.146. The number of aliphatic carboxylic acids is 1. The van der Waals surface area contributed by atoms with Gasteiger partial charge in [-0.05, 0) is 45.9 Å². The van der Waals surface area contributed by atoms with E-state index in [9.17, 15) is 9.59 Å². The van der Waals surface area contributed by atoms with Crippen LogP contribution in [0.1, 0.15) is 44.5 Å². The third-order valence-electron chi connectivity index (χ3n) is 3.05. The molecule has 0 atom stereocenters. The summed E-state index contributed by atoms with van der Waals surface area (Å²) >= 11 is 0. The Balaban J connectivity index is 3.00. The number of carboxylic acids is 1. The van der Waals surface area contributed by atoms with Crippen LogP contribution >= 0.6 is 0 Å². The Morgan fingerprint density at radius 1 is 1.10 bits per heavy atom. The van der Waals surface area contributed by atoms with Gasteiger partial charge in [-0.25, -0.2) is 0 Å². The lowest BCUT2D eigenvalue weighted by Crippen LogP contribution is -2.27. The van der Waals surface area contributed by atoms with Crippen molar-refractivity contribution in [2.75, 3.05) is 13.2 Å². The van der Waals surface area contributed by atoms with E-state index < -0.39 is 11.4 Å². The minimum Gasteiger partial charge on any atom is -0.490 e. The van der Waals surface area contributed by atoms with Crippen molar-refractivity contribution in [3.8, 4) is 11.5 Å². The van der Waals surface area contributed by atoms with Gasteiger partial charge in [0.1, 0.15) is 0 Å². The molecular weight excluding hydrogens is 272 g/mol. The molecule has 1 aromatic carbocycles. The van der Waals surface area contributed by atoms with E-state index in [2.05, 4.69) is 0 Å². The standard InChI is InChI=1S/C16H22O5/c1-5-20-13-8-7-11(9-14(13)21-6-2)12(17)10-16(3,4)15(18)19/h7-9H,5-6,10H2,1-4H3,(H,18,19). The number of carbonyl (C=O) groups excluding carboxylic acids is 1. The first-order valence-corrected chi connectivity index (χ1v) is 6.98. The third kappa shape index (κ3) is 4.48. The third-order valence-corrected chi connectivity index (χ3v) is 3.05. The van der Waals surface area contributed by atoms with Crippen molar-refractivity contribution >= 4 is 11.8 Å². The van der Waals surface area contributed by atoms with E-state index in [-0.39, 0.29) is 12.2 Å². The molecule has 0 aliphatic carbocycles. The average molecular weight is 294 g/mol. The lowest BCUT2D eigenvalue weighted by Gasteiger charge is -2.18. The highest BCUT2D eigenvalue weighted by Crippen LogP contribution is 2.30. The van der Waals surface area contributed by atoms with Gasteiger partial charge in [-0.3, -0.25) is 9.59 Å². The second-order valence-electron chi connectivity index (χ2n) is 5.32. The summed E-state index contributed by atoms with van der Waals surface area (Å²) in [5.74, 6) is -0.148. The van der Waals surface area contributed by atoms with Crippen LogP contribution in [0.4, 0.5) is 0 Å². The number of ether oxygens (including phenoxy) is 2. The molecule has 0 spiro atoms. The molecule has 116 valence electrons. The van der Waals surface area contributed by atoms with E-state index in [1.54, 1.807) is 18.2 Å². The molecule has 1 aromatic rings. The molecule has 0 amide bonds. The average Bonchev–Trinajstić information content (AvgIpc) is 2.40. The van der Waals surface area contributed by atoms with E-state index in [0.717, 1.165) is 0 Å². The van der Waals surface area contributed by atoms with Gasteiger partial charge in [0.15, 0.2) is 17.3 Å². The maximum absolute atomic E-state index is 12.2. The Morgan fingerprint density at radius 3 is 2.19 bits per heavy atom. The molecule has 0 fully saturated rings. The lowest BCUT2D eigenvalue weighted by atomic mass is 9.85. The largest absolute Gasteiger partial charge is 0.490 e. The number of benzene rings is 1. The Labute approximate surface area is 124 Å². The zero-order chi connectivity index (χ0) is 16.0. The molecule has 0 bridgehead atoms. The smallest absolute Gasteiger partial charge is 0.309 e. The predicted octanol–water partition coefficient (Wildman–Crippen LogP) is 3.17. The Morgan fingerprint density at radius 2 is 1.67 bits per heavy atom. The summed E-state index contributed by atoms with van der Waals surface area (Å²) in [5, 5.41) is 9.09. The quantitative estimate of drug-likeness (QED) is 0.745. The minimum absolute atomic E-state index is 0.0676. The summed E-state index contributed by atoms with van der Waals surface area (Å²) in [7, 11) is 0. The number of Topliss-reactive ketones (excluding diaryl/α,β-unsaturated/α-hetero) is 1. The monoisotopic (exact) mass is 294 g/mol. The fraction of sp³-hybridized carbons (Fsp3) is 0.500. The van der Waals surface area contributed by atoms with Crippen molar-refractivity contribution in [3.05, 3.63) is 23.8 Å². The molecule has 1 N–H and O–H groups in total. The first-order chi connectivity index (χ1) is 9.81. The molecule has 0 aromatic heterocycles. The summed E-state index contributed by atoms with van der Waals surface area (Å²) in [6.45, 7) is 7.73. The van der Waals surface area contributed by atoms with Crippen molar-refractivity contribution in [1.82, 2.24) is 0 Å². The molecular formula is C16H22O5. The van der Waals surface area contributed by atoms with Gasteiger partial charge in [0.25, 0.3) is 0 Å². The summed E-state index contributed by atoms with van der Waals surface area (Å²) in [6.07, 6.45) is -0.0676. The van der Waals surface area contributed by atoms with Gasteiger partial charge < -0.3 is 14.6 Å². The summed E-state index contributed by atoms with van der Waals surface area (Å²) in [6, 6.07) is 4.91. The van der Waals surface area contributed by atoms with Gasteiger partial charge in [-0.2, -0.15) is 0 Å². The second kappa shape index (κ2) is 7.11. The van der Waals surface area contributed by atoms with Crippen LogP contribution in [0.5, 0.6) is 11.5 Å². The van der Waals surface area contributed by atoms with E-state index in [4.69, 9.17) is 14.6 Å². The highest BCUT2D eigenvalue weighted by Gasteiger charge is 2.30. The highest BCUT2D eigenvalue weighted by atomic mass is 16.5. The van der Waals surface area contributed by atoms with Crippen LogP contribution in [0.25, 0.3) is 0 Å². The molecule has 0 aliphatic rings. The second-order valence-corrected chi connectivity index (χ2v) is 5.32. The molecule has 1 rings (SSSR count). The number of ketones is 1. The zero-order valence-corrected chi connectivity index (χ0v) is 12.9. The van der Waals surface area contributed by atoms with Gasteiger partial charge in [0, 0.05) is 12.0 Å². The van der Waals surface area contributed by atoms with Crippen molar-refractivity contribution < 1.29 is 24.2 Å². The van der Waals surface area contributed by atoms with Crippen LogP contribution in [-0.2, 0) is 4.79 Å². The number of rotatable bonds is 8. The zero-order valence-electron chi connectivity index (χ0n) is 12.9. The summed E-state index contributed by atoms with van der Waals surface area (Å²) < 4.78 is 10.9. The normalized spacial score (nSPS) is 11.0. The van der Waals surface area contributed by atoms with E-state index in [0.29, 0.717) is 30.3 Å². The van der Waals surface area contributed by atoms with Gasteiger partial charge >= 0.3 is 5.97 Å². The Kier molecular flexibility index (Phi) is 5.76. The SMILES string of the molecule is CCOc1ccc(C(=O)CC(C)(C)C(=O)O)cc1OCC. The summed E-state index contributed by atoms with van der Waals surface area (Å²) in [5.41, 5.74) is -0.669. The molecule has 0 saturated heterocycles. The van der Waals surface area contributed by atoms with E-state index in [1.165, 1.54) is 13.8 Å². The predicted molar refractivity (Wildman–Crippen MR) is 79.1 cm³/mol. The molecule has 21 heavy (non-hydrogen) atoms. The topological polar surface area (TPSA) is 72.8 Å². The van der Waals surface area contributed by atoms with Gasteiger partial charge in [0.05, 0.1) is 18.6 Å². The maximum Gasteiger partial charge on any atom is 0.309 e. The fourth-order valence-electron chi connectivity index (χ4n) is 1.80. The summed E-state index contributed by atoms with van der Waals surface area (Å²) in [4.78, 5) is 23.3. The number of carboxylic acid groups (broad SMARTS) is 1. The van der Waals surface area contributed by atoms with Crippen molar-refractivity contribution in [1.29, 1.82) is 0 Å². The van der Waals surface area contributed by atoms with Crippen LogP contribution in [0.2, 0.25) is 0 Å². The van der Waals surface area contributed by atoms with Crippen molar-refractivity contribution in [3.63, 3.8) is 0 Å². The fourth-order valence-corrected chi connectivity index (χ4v) is 1.80. The van der Waals surface area contributed by atoms with E-state index >= 15 is 0 Å².